The van der Waals surface area contributed by atoms with E-state index >= 15 is 0 Å². The van der Waals surface area contributed by atoms with Gasteiger partial charge in [0.2, 0.25) is 5.89 Å². The van der Waals surface area contributed by atoms with Gasteiger partial charge in [-0.2, -0.15) is 4.98 Å². The lowest BCUT2D eigenvalue weighted by Crippen LogP contribution is -2.40. The van der Waals surface area contributed by atoms with Crippen LogP contribution in [0, 0.1) is 12.8 Å². The van der Waals surface area contributed by atoms with Crippen LogP contribution in [0.1, 0.15) is 55.5 Å². The first-order valence-electron chi connectivity index (χ1n) is 10.1. The molecule has 2 aromatic rings. The molecule has 4 rings (SSSR count). The summed E-state index contributed by atoms with van der Waals surface area (Å²) in [5.41, 5.74) is 1.38. The summed E-state index contributed by atoms with van der Waals surface area (Å²) < 4.78 is 11.1. The molecule has 0 aliphatic carbocycles. The van der Waals surface area contributed by atoms with Gasteiger partial charge in [-0.3, -0.25) is 4.90 Å². The van der Waals surface area contributed by atoms with Crippen LogP contribution in [0.4, 0.5) is 0 Å². The zero-order chi connectivity index (χ0) is 18.6. The van der Waals surface area contributed by atoms with E-state index in [-0.39, 0.29) is 6.04 Å². The number of aryl methyl sites for hydroxylation is 1. The van der Waals surface area contributed by atoms with Gasteiger partial charge in [0.25, 0.3) is 0 Å². The third-order valence-electron chi connectivity index (χ3n) is 6.01. The van der Waals surface area contributed by atoms with Gasteiger partial charge in [-0.05, 0) is 44.6 Å². The van der Waals surface area contributed by atoms with Gasteiger partial charge in [-0.15, -0.1) is 0 Å². The predicted molar refractivity (Wildman–Crippen MR) is 103 cm³/mol. The quantitative estimate of drug-likeness (QED) is 0.842. The van der Waals surface area contributed by atoms with E-state index in [0.717, 1.165) is 51.5 Å². The summed E-state index contributed by atoms with van der Waals surface area (Å²) in [6.07, 6.45) is 3.22. The third kappa shape index (κ3) is 4.39. The fraction of sp³-hybridized carbons (Fsp3) is 0.619. The van der Waals surface area contributed by atoms with Crippen LogP contribution in [-0.4, -0.2) is 47.4 Å². The molecule has 2 aliphatic rings. The number of hydrogen-bond acceptors (Lipinski definition) is 6. The minimum Gasteiger partial charge on any atom is -0.381 e. The van der Waals surface area contributed by atoms with E-state index in [1.165, 1.54) is 5.56 Å². The van der Waals surface area contributed by atoms with E-state index in [9.17, 15) is 0 Å². The number of nitrogens with one attached hydrogen (secondary N) is 1. The first-order valence-corrected chi connectivity index (χ1v) is 10.1. The second-order valence-corrected chi connectivity index (χ2v) is 7.84. The van der Waals surface area contributed by atoms with E-state index in [1.807, 2.05) is 6.92 Å². The number of ether oxygens (including phenoxy) is 1. The molecule has 0 bridgehead atoms. The molecule has 1 aromatic carbocycles. The largest absolute Gasteiger partial charge is 0.381 e. The molecule has 0 amide bonds. The van der Waals surface area contributed by atoms with Crippen molar-refractivity contribution in [3.05, 3.63) is 47.6 Å². The summed E-state index contributed by atoms with van der Waals surface area (Å²) in [6, 6.07) is 11.8. The van der Waals surface area contributed by atoms with Gasteiger partial charge >= 0.3 is 0 Å². The molecule has 3 unspecified atom stereocenters. The highest BCUT2D eigenvalue weighted by atomic mass is 16.5. The molecule has 2 fully saturated rings. The van der Waals surface area contributed by atoms with Gasteiger partial charge in [0.15, 0.2) is 5.82 Å². The minimum atomic E-state index is 0.118. The lowest BCUT2D eigenvalue weighted by atomic mass is 9.91. The summed E-state index contributed by atoms with van der Waals surface area (Å²) in [6.45, 7) is 7.97. The van der Waals surface area contributed by atoms with Crippen molar-refractivity contribution in [2.75, 3.05) is 26.3 Å². The van der Waals surface area contributed by atoms with Crippen LogP contribution in [0.2, 0.25) is 0 Å². The molecule has 0 radical (unpaired) electrons. The van der Waals surface area contributed by atoms with Crippen molar-refractivity contribution in [2.45, 2.75) is 51.2 Å². The molecular formula is C21H30N4O2. The van der Waals surface area contributed by atoms with Crippen molar-refractivity contribution >= 4 is 0 Å². The van der Waals surface area contributed by atoms with Gasteiger partial charge in [0.05, 0.1) is 6.04 Å². The molecule has 1 aromatic heterocycles. The normalized spacial score (nSPS) is 24.1. The molecule has 1 N–H and O–H groups in total. The van der Waals surface area contributed by atoms with Crippen LogP contribution in [0.5, 0.6) is 0 Å². The van der Waals surface area contributed by atoms with Crippen LogP contribution in [0.15, 0.2) is 34.9 Å². The van der Waals surface area contributed by atoms with Gasteiger partial charge in [-0.1, -0.05) is 35.5 Å². The Morgan fingerprint density at radius 3 is 2.63 bits per heavy atom. The van der Waals surface area contributed by atoms with Gasteiger partial charge in [0, 0.05) is 38.4 Å². The molecule has 3 atom stereocenters. The maximum Gasteiger partial charge on any atom is 0.244 e. The van der Waals surface area contributed by atoms with E-state index in [1.54, 1.807) is 0 Å². The van der Waals surface area contributed by atoms with Crippen LogP contribution in [0.25, 0.3) is 0 Å². The number of rotatable bonds is 6. The van der Waals surface area contributed by atoms with Crippen molar-refractivity contribution in [1.29, 1.82) is 0 Å². The fourth-order valence-corrected chi connectivity index (χ4v) is 4.37. The third-order valence-corrected chi connectivity index (χ3v) is 6.01. The zero-order valence-corrected chi connectivity index (χ0v) is 16.3. The summed E-state index contributed by atoms with van der Waals surface area (Å²) in [7, 11) is 0. The lowest BCUT2D eigenvalue weighted by molar-refractivity contribution is 0.0468. The topological polar surface area (TPSA) is 63.4 Å². The molecule has 2 aliphatic heterocycles. The van der Waals surface area contributed by atoms with Crippen molar-refractivity contribution in [3.63, 3.8) is 0 Å². The van der Waals surface area contributed by atoms with Crippen LogP contribution in [0.3, 0.4) is 0 Å². The molecular weight excluding hydrogens is 340 g/mol. The van der Waals surface area contributed by atoms with Crippen LogP contribution < -0.4 is 5.32 Å². The SMILES string of the molecule is Cc1noc(C(NC2CCN(C(C)c3ccccc3)C2)C2CCOCC2)n1. The van der Waals surface area contributed by atoms with E-state index in [2.05, 4.69) is 57.6 Å². The maximum atomic E-state index is 5.56. The average molecular weight is 370 g/mol. The summed E-state index contributed by atoms with van der Waals surface area (Å²) >= 11 is 0. The Labute approximate surface area is 161 Å². The molecule has 6 nitrogen and oxygen atoms in total. The summed E-state index contributed by atoms with van der Waals surface area (Å²) in [5, 5.41) is 7.88. The number of nitrogens with zero attached hydrogens (tertiary/aromatic N) is 3. The Morgan fingerprint density at radius 1 is 1.15 bits per heavy atom. The first-order chi connectivity index (χ1) is 13.2. The van der Waals surface area contributed by atoms with Gasteiger partial charge in [0.1, 0.15) is 0 Å². The van der Waals surface area contributed by atoms with Crippen molar-refractivity contribution < 1.29 is 9.26 Å². The molecule has 2 saturated heterocycles. The smallest absolute Gasteiger partial charge is 0.244 e. The predicted octanol–water partition coefficient (Wildman–Crippen LogP) is 3.27. The Morgan fingerprint density at radius 2 is 1.93 bits per heavy atom. The fourth-order valence-electron chi connectivity index (χ4n) is 4.37. The summed E-state index contributed by atoms with van der Waals surface area (Å²) in [4.78, 5) is 7.10. The molecule has 6 heteroatoms. The number of aromatic nitrogens is 2. The van der Waals surface area contributed by atoms with E-state index in [0.29, 0.717) is 23.8 Å². The molecule has 0 saturated carbocycles. The highest BCUT2D eigenvalue weighted by Crippen LogP contribution is 2.32. The van der Waals surface area contributed by atoms with E-state index in [4.69, 9.17) is 9.26 Å². The second-order valence-electron chi connectivity index (χ2n) is 7.84. The summed E-state index contributed by atoms with van der Waals surface area (Å²) in [5.74, 6) is 1.92. The van der Waals surface area contributed by atoms with Crippen molar-refractivity contribution in [1.82, 2.24) is 20.4 Å². The minimum absolute atomic E-state index is 0.118. The number of benzene rings is 1. The molecule has 3 heterocycles. The standard InChI is InChI=1S/C21H30N4O2/c1-15(17-6-4-3-5-7-17)25-11-8-19(14-25)23-20(18-9-12-26-13-10-18)21-22-16(2)24-27-21/h3-7,15,18-20,23H,8-14H2,1-2H3. The molecule has 27 heavy (non-hydrogen) atoms. The maximum absolute atomic E-state index is 5.56. The monoisotopic (exact) mass is 370 g/mol. The Hall–Kier alpha value is -1.76. The van der Waals surface area contributed by atoms with Crippen LogP contribution in [-0.2, 0) is 4.74 Å². The first kappa shape index (κ1) is 18.6. The van der Waals surface area contributed by atoms with Crippen LogP contribution >= 0.6 is 0 Å². The lowest BCUT2D eigenvalue weighted by Gasteiger charge is -2.31. The Kier molecular flexibility index (Phi) is 5.86. The number of likely N-dealkylation sites (tertiary alicyclic amines) is 1. The average Bonchev–Trinajstić information content (AvgIpc) is 3.36. The second kappa shape index (κ2) is 8.50. The highest BCUT2D eigenvalue weighted by molar-refractivity contribution is 5.18. The highest BCUT2D eigenvalue weighted by Gasteiger charge is 2.34. The van der Waals surface area contributed by atoms with Crippen molar-refractivity contribution in [3.8, 4) is 0 Å². The molecule has 146 valence electrons. The van der Waals surface area contributed by atoms with Gasteiger partial charge < -0.3 is 14.6 Å². The zero-order valence-electron chi connectivity index (χ0n) is 16.3. The van der Waals surface area contributed by atoms with E-state index < -0.39 is 0 Å². The Bertz CT molecular complexity index is 714. The number of hydrogen-bond donors (Lipinski definition) is 1. The van der Waals surface area contributed by atoms with Gasteiger partial charge in [-0.25, -0.2) is 0 Å². The molecule has 0 spiro atoms. The Balaban J connectivity index is 1.42. The van der Waals surface area contributed by atoms with Crippen molar-refractivity contribution in [2.24, 2.45) is 5.92 Å².